The van der Waals surface area contributed by atoms with E-state index in [0.29, 0.717) is 23.4 Å². The molecule has 1 aromatic heterocycles. The molecule has 5 heteroatoms. The number of nitrogens with one attached hydrogen (secondary N) is 1. The monoisotopic (exact) mass is 457 g/mol. The Hall–Kier alpha value is -4.77. The van der Waals surface area contributed by atoms with Crippen molar-refractivity contribution in [3.05, 3.63) is 155 Å². The molecule has 1 heterocycles. The van der Waals surface area contributed by atoms with Crippen LogP contribution in [0.25, 0.3) is 0 Å². The van der Waals surface area contributed by atoms with Crippen LogP contribution in [0, 0.1) is 0 Å². The highest BCUT2D eigenvalue weighted by molar-refractivity contribution is 6.08. The van der Waals surface area contributed by atoms with Gasteiger partial charge in [0.05, 0.1) is 5.56 Å². The molecule has 0 spiro atoms. The molecular formula is C30H23N3O2. The van der Waals surface area contributed by atoms with E-state index >= 15 is 0 Å². The summed E-state index contributed by atoms with van der Waals surface area (Å²) in [6, 6.07) is 37.2. The molecule has 0 bridgehead atoms. The standard InChI is InChI=1S/C30H23N3O2/c34-22-23-12-10-11-19-27(23)28(35)32-29-31-20-21-33(29)30(24-13-4-1-5-14-24,25-15-6-2-7-16-25)26-17-8-3-9-18-26/h1-22H,(H,31,32,35). The Morgan fingerprint density at radius 3 is 1.71 bits per heavy atom. The third-order valence-electron chi connectivity index (χ3n) is 6.13. The van der Waals surface area contributed by atoms with E-state index in [0.717, 1.165) is 16.7 Å². The molecule has 0 aliphatic carbocycles. The number of hydrogen-bond donors (Lipinski definition) is 1. The van der Waals surface area contributed by atoms with Crippen LogP contribution in [0.3, 0.4) is 0 Å². The van der Waals surface area contributed by atoms with Crippen molar-refractivity contribution in [2.24, 2.45) is 0 Å². The molecule has 0 atom stereocenters. The largest absolute Gasteiger partial charge is 0.299 e. The summed E-state index contributed by atoms with van der Waals surface area (Å²) in [6.07, 6.45) is 4.22. The first-order valence-corrected chi connectivity index (χ1v) is 11.3. The van der Waals surface area contributed by atoms with Gasteiger partial charge in [-0.05, 0) is 22.8 Å². The highest BCUT2D eigenvalue weighted by Gasteiger charge is 2.40. The predicted molar refractivity (Wildman–Crippen MR) is 137 cm³/mol. The quantitative estimate of drug-likeness (QED) is 0.249. The van der Waals surface area contributed by atoms with Gasteiger partial charge in [0, 0.05) is 18.0 Å². The van der Waals surface area contributed by atoms with E-state index in [9.17, 15) is 9.59 Å². The van der Waals surface area contributed by atoms with Crippen LogP contribution >= 0.6 is 0 Å². The lowest BCUT2D eigenvalue weighted by molar-refractivity contribution is 0.101. The third-order valence-corrected chi connectivity index (χ3v) is 6.13. The molecule has 0 saturated carbocycles. The summed E-state index contributed by atoms with van der Waals surface area (Å²) in [5.74, 6) is -0.0319. The molecular weight excluding hydrogens is 434 g/mol. The number of anilines is 1. The Bertz CT molecular complexity index is 1350. The number of aldehydes is 1. The summed E-state index contributed by atoms with van der Waals surface area (Å²) in [6.45, 7) is 0. The van der Waals surface area contributed by atoms with E-state index in [1.165, 1.54) is 0 Å². The first-order valence-electron chi connectivity index (χ1n) is 11.3. The van der Waals surface area contributed by atoms with Gasteiger partial charge in [-0.15, -0.1) is 0 Å². The molecule has 4 aromatic carbocycles. The number of rotatable bonds is 7. The van der Waals surface area contributed by atoms with Crippen LogP contribution in [0.4, 0.5) is 5.95 Å². The molecule has 5 aromatic rings. The number of hydrogen-bond acceptors (Lipinski definition) is 3. The van der Waals surface area contributed by atoms with Gasteiger partial charge in [0.25, 0.3) is 5.91 Å². The maximum atomic E-state index is 13.3. The van der Waals surface area contributed by atoms with Crippen molar-refractivity contribution < 1.29 is 9.59 Å². The fourth-order valence-electron chi connectivity index (χ4n) is 4.60. The van der Waals surface area contributed by atoms with Gasteiger partial charge in [0.2, 0.25) is 5.95 Å². The Kier molecular flexibility index (Phi) is 6.05. The van der Waals surface area contributed by atoms with Gasteiger partial charge in [-0.3, -0.25) is 19.5 Å². The first-order chi connectivity index (χ1) is 17.2. The SMILES string of the molecule is O=Cc1ccccc1C(=O)Nc1nccn1C(c1ccccc1)(c1ccccc1)c1ccccc1. The van der Waals surface area contributed by atoms with Gasteiger partial charge in [-0.2, -0.15) is 0 Å². The second-order valence-corrected chi connectivity index (χ2v) is 8.09. The smallest absolute Gasteiger partial charge is 0.258 e. The number of carbonyl (C=O) groups excluding carboxylic acids is 2. The lowest BCUT2D eigenvalue weighted by Gasteiger charge is -2.38. The molecule has 1 N–H and O–H groups in total. The maximum absolute atomic E-state index is 13.3. The molecule has 0 unspecified atom stereocenters. The molecule has 35 heavy (non-hydrogen) atoms. The van der Waals surface area contributed by atoms with Crippen molar-refractivity contribution in [2.75, 3.05) is 5.32 Å². The minimum absolute atomic E-state index is 0.293. The highest BCUT2D eigenvalue weighted by atomic mass is 16.2. The minimum Gasteiger partial charge on any atom is -0.299 e. The molecule has 5 rings (SSSR count). The van der Waals surface area contributed by atoms with Crippen LogP contribution in [0.5, 0.6) is 0 Å². The summed E-state index contributed by atoms with van der Waals surface area (Å²) in [5, 5.41) is 2.95. The number of nitrogens with zero attached hydrogens (tertiary/aromatic N) is 2. The molecule has 5 nitrogen and oxygen atoms in total. The molecule has 0 saturated heterocycles. The van der Waals surface area contributed by atoms with E-state index < -0.39 is 11.4 Å². The Morgan fingerprint density at radius 2 is 1.20 bits per heavy atom. The lowest BCUT2D eigenvalue weighted by Crippen LogP contribution is -2.38. The number of amides is 1. The number of benzene rings is 4. The van der Waals surface area contributed by atoms with E-state index in [2.05, 4.69) is 46.7 Å². The van der Waals surface area contributed by atoms with Crippen LogP contribution in [-0.4, -0.2) is 21.7 Å². The first kappa shape index (κ1) is 22.0. The van der Waals surface area contributed by atoms with Gasteiger partial charge in [-0.25, -0.2) is 4.98 Å². The van der Waals surface area contributed by atoms with Gasteiger partial charge in [-0.1, -0.05) is 109 Å². The number of imidazole rings is 1. The van der Waals surface area contributed by atoms with E-state index in [-0.39, 0.29) is 0 Å². The van der Waals surface area contributed by atoms with Crippen molar-refractivity contribution in [1.29, 1.82) is 0 Å². The average Bonchev–Trinajstić information content (AvgIpc) is 3.39. The normalized spacial score (nSPS) is 11.1. The Morgan fingerprint density at radius 1 is 0.714 bits per heavy atom. The van der Waals surface area contributed by atoms with Crippen LogP contribution in [0.2, 0.25) is 0 Å². The van der Waals surface area contributed by atoms with E-state index in [1.54, 1.807) is 30.5 Å². The lowest BCUT2D eigenvalue weighted by atomic mass is 9.76. The number of aromatic nitrogens is 2. The third kappa shape index (κ3) is 3.93. The minimum atomic E-state index is -0.812. The summed E-state index contributed by atoms with van der Waals surface area (Å²) in [4.78, 5) is 29.3. The summed E-state index contributed by atoms with van der Waals surface area (Å²) in [7, 11) is 0. The van der Waals surface area contributed by atoms with Gasteiger partial charge in [0.15, 0.2) is 6.29 Å². The molecule has 0 aliphatic heterocycles. The summed E-state index contributed by atoms with van der Waals surface area (Å²) in [5.41, 5.74) is 2.84. The summed E-state index contributed by atoms with van der Waals surface area (Å²) >= 11 is 0. The van der Waals surface area contributed by atoms with Crippen molar-refractivity contribution in [2.45, 2.75) is 5.54 Å². The topological polar surface area (TPSA) is 64.0 Å². The van der Waals surface area contributed by atoms with Gasteiger partial charge in [0.1, 0.15) is 5.54 Å². The Labute approximate surface area is 203 Å². The van der Waals surface area contributed by atoms with Gasteiger partial charge >= 0.3 is 0 Å². The van der Waals surface area contributed by atoms with Crippen molar-refractivity contribution in [3.63, 3.8) is 0 Å². The zero-order chi connectivity index (χ0) is 24.1. The second kappa shape index (κ2) is 9.61. The zero-order valence-electron chi connectivity index (χ0n) is 18.9. The van der Waals surface area contributed by atoms with Crippen molar-refractivity contribution in [1.82, 2.24) is 9.55 Å². The van der Waals surface area contributed by atoms with Crippen LogP contribution < -0.4 is 5.32 Å². The highest BCUT2D eigenvalue weighted by Crippen LogP contribution is 2.42. The fourth-order valence-corrected chi connectivity index (χ4v) is 4.60. The number of carbonyl (C=O) groups is 2. The van der Waals surface area contributed by atoms with Crippen LogP contribution in [-0.2, 0) is 5.54 Å². The molecule has 170 valence electrons. The van der Waals surface area contributed by atoms with Crippen LogP contribution in [0.1, 0.15) is 37.4 Å². The summed E-state index contributed by atoms with van der Waals surface area (Å²) < 4.78 is 1.98. The predicted octanol–water partition coefficient (Wildman–Crippen LogP) is 5.79. The van der Waals surface area contributed by atoms with E-state index in [4.69, 9.17) is 0 Å². The Balaban J connectivity index is 1.74. The molecule has 1 amide bonds. The fraction of sp³-hybridized carbons (Fsp3) is 0.0333. The molecule has 0 aliphatic rings. The molecule has 0 fully saturated rings. The second-order valence-electron chi connectivity index (χ2n) is 8.09. The zero-order valence-corrected chi connectivity index (χ0v) is 18.9. The average molecular weight is 458 g/mol. The molecule has 0 radical (unpaired) electrons. The van der Waals surface area contributed by atoms with Crippen molar-refractivity contribution in [3.8, 4) is 0 Å². The van der Waals surface area contributed by atoms with Crippen molar-refractivity contribution >= 4 is 18.1 Å². The maximum Gasteiger partial charge on any atom is 0.258 e. The van der Waals surface area contributed by atoms with Gasteiger partial charge < -0.3 is 0 Å². The van der Waals surface area contributed by atoms with E-state index in [1.807, 2.05) is 65.4 Å². The van der Waals surface area contributed by atoms with Crippen LogP contribution in [0.15, 0.2) is 128 Å².